The van der Waals surface area contributed by atoms with Gasteiger partial charge in [0.15, 0.2) is 0 Å². The Kier molecular flexibility index (Phi) is 29.0. The van der Waals surface area contributed by atoms with E-state index in [9.17, 15) is 9.59 Å². The number of unbranched alkanes of at least 4 members (excludes halogenated alkanes) is 14. The van der Waals surface area contributed by atoms with Crippen molar-refractivity contribution in [1.29, 1.82) is 0 Å². The van der Waals surface area contributed by atoms with Crippen molar-refractivity contribution in [2.75, 3.05) is 26.2 Å². The predicted molar refractivity (Wildman–Crippen MR) is 166 cm³/mol. The molecule has 5 heteroatoms. The Hall–Kier alpha value is -1.10. The molecule has 0 amide bonds. The minimum atomic E-state index is -0.00865. The summed E-state index contributed by atoms with van der Waals surface area (Å²) in [6.45, 7) is 12.9. The van der Waals surface area contributed by atoms with E-state index in [1.807, 2.05) is 0 Å². The summed E-state index contributed by atoms with van der Waals surface area (Å²) in [4.78, 5) is 26.5. The molecule has 0 fully saturated rings. The molecule has 0 heterocycles. The smallest absolute Gasteiger partial charge is 0.306 e. The van der Waals surface area contributed by atoms with E-state index >= 15 is 0 Å². The van der Waals surface area contributed by atoms with Gasteiger partial charge in [-0.3, -0.25) is 9.59 Å². The Morgan fingerprint density at radius 2 is 1.00 bits per heavy atom. The van der Waals surface area contributed by atoms with E-state index in [2.05, 4.69) is 32.6 Å². The summed E-state index contributed by atoms with van der Waals surface area (Å²) in [6, 6.07) is 0. The Morgan fingerprint density at radius 1 is 0.538 bits per heavy atom. The molecule has 0 spiro atoms. The summed E-state index contributed by atoms with van der Waals surface area (Å²) in [7, 11) is 0. The number of carbonyl (C=O) groups excluding carboxylic acids is 2. The van der Waals surface area contributed by atoms with Crippen molar-refractivity contribution in [2.45, 2.75) is 181 Å². The molecule has 0 aromatic carbocycles. The summed E-state index contributed by atoms with van der Waals surface area (Å²) < 4.78 is 11.0. The van der Waals surface area contributed by atoms with E-state index in [0.29, 0.717) is 19.4 Å². The van der Waals surface area contributed by atoms with Crippen molar-refractivity contribution in [1.82, 2.24) is 4.90 Å². The normalized spacial score (nSPS) is 11.4. The van der Waals surface area contributed by atoms with Crippen molar-refractivity contribution in [3.05, 3.63) is 0 Å². The van der Waals surface area contributed by atoms with E-state index < -0.39 is 0 Å². The van der Waals surface area contributed by atoms with Gasteiger partial charge in [-0.25, -0.2) is 0 Å². The molecule has 0 N–H and O–H groups in total. The average Bonchev–Trinajstić information content (AvgIpc) is 2.92. The second-order valence-electron chi connectivity index (χ2n) is 11.5. The monoisotopic (exact) mass is 554 g/mol. The summed E-state index contributed by atoms with van der Waals surface area (Å²) in [5.74, 6) is -0.0107. The molecule has 39 heavy (non-hydrogen) atoms. The fourth-order valence-electron chi connectivity index (χ4n) is 5.17. The highest BCUT2D eigenvalue weighted by Crippen LogP contribution is 2.13. The van der Waals surface area contributed by atoms with Crippen LogP contribution in [-0.4, -0.2) is 49.2 Å². The molecule has 0 bridgehead atoms. The van der Waals surface area contributed by atoms with Crippen molar-refractivity contribution >= 4 is 11.9 Å². The average molecular weight is 554 g/mol. The lowest BCUT2D eigenvalue weighted by atomic mass is 10.1. The molecule has 0 aromatic heterocycles. The Balaban J connectivity index is 3.55. The molecular weight excluding hydrogens is 486 g/mol. The first-order valence-electron chi connectivity index (χ1n) is 17.1. The highest BCUT2D eigenvalue weighted by molar-refractivity contribution is 5.69. The Bertz CT molecular complexity index is 533. The van der Waals surface area contributed by atoms with E-state index in [1.54, 1.807) is 0 Å². The van der Waals surface area contributed by atoms with Crippen LogP contribution in [0.1, 0.15) is 175 Å². The van der Waals surface area contributed by atoms with Crippen LogP contribution in [0, 0.1) is 0 Å². The van der Waals surface area contributed by atoms with Crippen molar-refractivity contribution in [2.24, 2.45) is 0 Å². The minimum absolute atomic E-state index is 0.00204. The quantitative estimate of drug-likeness (QED) is 0.0654. The van der Waals surface area contributed by atoms with Gasteiger partial charge in [0.2, 0.25) is 0 Å². The van der Waals surface area contributed by atoms with Crippen molar-refractivity contribution in [3.8, 4) is 0 Å². The van der Waals surface area contributed by atoms with Gasteiger partial charge in [-0.15, -0.1) is 0 Å². The molecule has 0 rings (SSSR count). The van der Waals surface area contributed by atoms with Crippen LogP contribution in [0.4, 0.5) is 0 Å². The van der Waals surface area contributed by atoms with Gasteiger partial charge in [-0.05, 0) is 64.6 Å². The van der Waals surface area contributed by atoms with Crippen LogP contribution in [0.15, 0.2) is 0 Å². The molecule has 0 unspecified atom stereocenters. The largest absolute Gasteiger partial charge is 0.466 e. The van der Waals surface area contributed by atoms with Gasteiger partial charge >= 0.3 is 11.9 Å². The van der Waals surface area contributed by atoms with Crippen LogP contribution in [-0.2, 0) is 19.1 Å². The van der Waals surface area contributed by atoms with Gasteiger partial charge in [-0.2, -0.15) is 0 Å². The van der Waals surface area contributed by atoms with Crippen LogP contribution < -0.4 is 0 Å². The molecule has 5 nitrogen and oxygen atoms in total. The SMILES string of the molecule is CCCCCCCCCOC(=O)CCCCCCCN(CC)CCCCCCCC(=O)OC(CCC)CCC. The molecule has 232 valence electrons. The molecule has 0 aliphatic rings. The zero-order chi connectivity index (χ0) is 28.8. The molecular formula is C34H67NO4. The van der Waals surface area contributed by atoms with Crippen LogP contribution in [0.3, 0.4) is 0 Å². The first kappa shape index (κ1) is 37.9. The molecule has 0 saturated heterocycles. The number of ether oxygens (including phenoxy) is 2. The second kappa shape index (κ2) is 29.9. The van der Waals surface area contributed by atoms with Crippen LogP contribution in [0.25, 0.3) is 0 Å². The van der Waals surface area contributed by atoms with E-state index in [1.165, 1.54) is 90.1 Å². The number of esters is 2. The van der Waals surface area contributed by atoms with Gasteiger partial charge in [-0.1, -0.05) is 118 Å². The maximum atomic E-state index is 12.1. The number of hydrogen-bond acceptors (Lipinski definition) is 5. The lowest BCUT2D eigenvalue weighted by molar-refractivity contribution is -0.150. The predicted octanol–water partition coefficient (Wildman–Crippen LogP) is 9.80. The first-order chi connectivity index (χ1) is 19.1. The number of carbonyl (C=O) groups is 2. The molecule has 0 aliphatic carbocycles. The highest BCUT2D eigenvalue weighted by Gasteiger charge is 2.12. The lowest BCUT2D eigenvalue weighted by Crippen LogP contribution is -2.25. The molecule has 0 aliphatic heterocycles. The fourth-order valence-corrected chi connectivity index (χ4v) is 5.17. The van der Waals surface area contributed by atoms with Crippen LogP contribution in [0.5, 0.6) is 0 Å². The maximum Gasteiger partial charge on any atom is 0.306 e. The maximum absolute atomic E-state index is 12.1. The zero-order valence-electron chi connectivity index (χ0n) is 26.7. The summed E-state index contributed by atoms with van der Waals surface area (Å²) in [5, 5.41) is 0. The number of nitrogens with zero attached hydrogens (tertiary/aromatic N) is 1. The third-order valence-electron chi connectivity index (χ3n) is 7.69. The minimum Gasteiger partial charge on any atom is -0.466 e. The number of hydrogen-bond donors (Lipinski definition) is 0. The molecule has 0 radical (unpaired) electrons. The van der Waals surface area contributed by atoms with E-state index in [0.717, 1.165) is 64.3 Å². The third-order valence-corrected chi connectivity index (χ3v) is 7.69. The van der Waals surface area contributed by atoms with Gasteiger partial charge in [0.1, 0.15) is 6.10 Å². The van der Waals surface area contributed by atoms with Gasteiger partial charge in [0.05, 0.1) is 6.61 Å². The molecule has 0 atom stereocenters. The lowest BCUT2D eigenvalue weighted by Gasteiger charge is -2.20. The Morgan fingerprint density at radius 3 is 1.51 bits per heavy atom. The van der Waals surface area contributed by atoms with Crippen molar-refractivity contribution < 1.29 is 19.1 Å². The van der Waals surface area contributed by atoms with Gasteiger partial charge < -0.3 is 14.4 Å². The topological polar surface area (TPSA) is 55.8 Å². The van der Waals surface area contributed by atoms with Gasteiger partial charge in [0.25, 0.3) is 0 Å². The van der Waals surface area contributed by atoms with E-state index in [-0.39, 0.29) is 18.0 Å². The number of rotatable bonds is 30. The summed E-state index contributed by atoms with van der Waals surface area (Å²) >= 11 is 0. The summed E-state index contributed by atoms with van der Waals surface area (Å²) in [6.07, 6.45) is 25.7. The highest BCUT2D eigenvalue weighted by atomic mass is 16.5. The standard InChI is InChI=1S/C34H67NO4/c1-5-9-10-11-12-19-24-31-38-33(36)27-20-15-13-17-22-29-35(8-4)30-23-18-14-16-21-28-34(37)39-32(25-6-2)26-7-3/h32H,5-31H2,1-4H3. The van der Waals surface area contributed by atoms with Gasteiger partial charge in [0, 0.05) is 12.8 Å². The Labute approximate surface area is 243 Å². The first-order valence-corrected chi connectivity index (χ1v) is 17.1. The van der Waals surface area contributed by atoms with Crippen LogP contribution >= 0.6 is 0 Å². The zero-order valence-corrected chi connectivity index (χ0v) is 26.7. The third kappa shape index (κ3) is 26.9. The molecule has 0 saturated carbocycles. The molecule has 0 aromatic rings. The summed E-state index contributed by atoms with van der Waals surface area (Å²) in [5.41, 5.74) is 0. The van der Waals surface area contributed by atoms with Crippen LogP contribution in [0.2, 0.25) is 0 Å². The fraction of sp³-hybridized carbons (Fsp3) is 0.941. The van der Waals surface area contributed by atoms with E-state index in [4.69, 9.17) is 9.47 Å². The van der Waals surface area contributed by atoms with Crippen molar-refractivity contribution in [3.63, 3.8) is 0 Å². The second-order valence-corrected chi connectivity index (χ2v) is 11.5.